The predicted molar refractivity (Wildman–Crippen MR) is 111 cm³/mol. The summed E-state index contributed by atoms with van der Waals surface area (Å²) in [4.78, 5) is 19.5. The molecule has 6 heteroatoms. The number of amides is 1. The molecule has 0 spiro atoms. The number of benzene rings is 2. The van der Waals surface area contributed by atoms with Crippen molar-refractivity contribution in [3.8, 4) is 0 Å². The van der Waals surface area contributed by atoms with Crippen LogP contribution in [0.3, 0.4) is 0 Å². The molecule has 142 valence electrons. The first-order valence-corrected chi connectivity index (χ1v) is 9.70. The average molecular weight is 385 g/mol. The molecular weight excluding hydrogens is 360 g/mol. The number of aromatic nitrogens is 2. The molecule has 3 aromatic rings. The summed E-state index contributed by atoms with van der Waals surface area (Å²) < 4.78 is 2.09. The van der Waals surface area contributed by atoms with Crippen molar-refractivity contribution in [1.82, 2.24) is 14.5 Å². The number of halogens is 1. The molecule has 0 saturated carbocycles. The number of hydrogen-bond acceptors (Lipinski definition) is 3. The first kappa shape index (κ1) is 19.4. The van der Waals surface area contributed by atoms with E-state index in [1.54, 1.807) is 6.07 Å². The zero-order valence-electron chi connectivity index (χ0n) is 15.8. The zero-order chi connectivity index (χ0) is 19.2. The van der Waals surface area contributed by atoms with E-state index in [-0.39, 0.29) is 12.3 Å². The third-order valence-electron chi connectivity index (χ3n) is 4.69. The number of para-hydroxylation sites is 2. The molecule has 0 bridgehead atoms. The van der Waals surface area contributed by atoms with E-state index in [2.05, 4.69) is 33.6 Å². The number of rotatable bonds is 8. The van der Waals surface area contributed by atoms with Gasteiger partial charge in [0.2, 0.25) is 11.9 Å². The summed E-state index contributed by atoms with van der Waals surface area (Å²) in [5.41, 5.74) is 2.80. The number of fused-ring (bicyclic) bond motifs is 1. The van der Waals surface area contributed by atoms with Gasteiger partial charge in [0.05, 0.1) is 17.5 Å². The minimum atomic E-state index is -0.100. The van der Waals surface area contributed by atoms with Crippen LogP contribution in [0.1, 0.15) is 19.4 Å². The topological polar surface area (TPSA) is 50.2 Å². The number of carbonyl (C=O) groups is 1. The Morgan fingerprint density at radius 1 is 1.15 bits per heavy atom. The second-order valence-electron chi connectivity index (χ2n) is 6.46. The van der Waals surface area contributed by atoms with Gasteiger partial charge in [-0.25, -0.2) is 4.98 Å². The summed E-state index contributed by atoms with van der Waals surface area (Å²) in [6, 6.07) is 15.3. The molecule has 1 amide bonds. The lowest BCUT2D eigenvalue weighted by Gasteiger charge is -2.19. The lowest BCUT2D eigenvalue weighted by molar-refractivity contribution is -0.115. The number of nitrogens with one attached hydrogen (secondary N) is 1. The van der Waals surface area contributed by atoms with Gasteiger partial charge in [0, 0.05) is 18.1 Å². The van der Waals surface area contributed by atoms with Gasteiger partial charge in [0.1, 0.15) is 0 Å². The van der Waals surface area contributed by atoms with Crippen LogP contribution in [0.25, 0.3) is 11.0 Å². The summed E-state index contributed by atoms with van der Waals surface area (Å²) in [6.45, 7) is 7.99. The van der Waals surface area contributed by atoms with E-state index in [1.807, 2.05) is 42.5 Å². The fourth-order valence-corrected chi connectivity index (χ4v) is 3.39. The molecule has 2 aromatic carbocycles. The molecular formula is C21H25ClN4O. The first-order chi connectivity index (χ1) is 13.1. The van der Waals surface area contributed by atoms with Crippen LogP contribution in [-0.4, -0.2) is 40.0 Å². The van der Waals surface area contributed by atoms with Crippen molar-refractivity contribution in [2.75, 3.05) is 25.0 Å². The molecule has 0 aliphatic heterocycles. The van der Waals surface area contributed by atoms with Crippen molar-refractivity contribution >= 4 is 34.5 Å². The van der Waals surface area contributed by atoms with Crippen molar-refractivity contribution in [2.45, 2.75) is 26.8 Å². The molecule has 1 heterocycles. The van der Waals surface area contributed by atoms with Gasteiger partial charge >= 0.3 is 0 Å². The molecule has 0 saturated heterocycles. The van der Waals surface area contributed by atoms with Gasteiger partial charge in [0.25, 0.3) is 0 Å². The Balaban J connectivity index is 1.80. The Labute approximate surface area is 165 Å². The summed E-state index contributed by atoms with van der Waals surface area (Å²) in [6.07, 6.45) is 0.264. The Morgan fingerprint density at radius 2 is 1.93 bits per heavy atom. The maximum absolute atomic E-state index is 12.6. The summed E-state index contributed by atoms with van der Waals surface area (Å²) >= 11 is 6.01. The molecule has 27 heavy (non-hydrogen) atoms. The van der Waals surface area contributed by atoms with Crippen molar-refractivity contribution < 1.29 is 4.79 Å². The Hall–Kier alpha value is -2.37. The van der Waals surface area contributed by atoms with Gasteiger partial charge in [-0.1, -0.05) is 49.7 Å². The number of imidazole rings is 1. The van der Waals surface area contributed by atoms with Crippen molar-refractivity contribution in [1.29, 1.82) is 0 Å². The van der Waals surface area contributed by atoms with Crippen molar-refractivity contribution in [3.05, 3.63) is 59.1 Å². The quantitative estimate of drug-likeness (QED) is 0.632. The molecule has 3 rings (SSSR count). The average Bonchev–Trinajstić information content (AvgIpc) is 2.99. The highest BCUT2D eigenvalue weighted by Crippen LogP contribution is 2.20. The van der Waals surface area contributed by atoms with Gasteiger partial charge < -0.3 is 9.47 Å². The van der Waals surface area contributed by atoms with Crippen molar-refractivity contribution in [3.63, 3.8) is 0 Å². The highest BCUT2D eigenvalue weighted by Gasteiger charge is 2.14. The van der Waals surface area contributed by atoms with E-state index >= 15 is 0 Å². The normalized spacial score (nSPS) is 11.3. The number of anilines is 1. The van der Waals surface area contributed by atoms with Crippen LogP contribution in [0, 0.1) is 0 Å². The first-order valence-electron chi connectivity index (χ1n) is 9.32. The highest BCUT2D eigenvalue weighted by atomic mass is 35.5. The number of likely N-dealkylation sites (N-methyl/N-ethyl adjacent to an activating group) is 1. The number of carbonyl (C=O) groups excluding carboxylic acids is 1. The summed E-state index contributed by atoms with van der Waals surface area (Å²) in [7, 11) is 0. The lowest BCUT2D eigenvalue weighted by atomic mass is 10.1. The SMILES string of the molecule is CCN(CC)CCn1c(NC(=O)Cc2cccc(Cl)c2)nc2ccccc21. The van der Waals surface area contributed by atoms with Gasteiger partial charge in [0.15, 0.2) is 0 Å². The summed E-state index contributed by atoms with van der Waals surface area (Å²) in [5, 5.41) is 3.61. The Morgan fingerprint density at radius 3 is 2.67 bits per heavy atom. The van der Waals surface area contributed by atoms with Crippen LogP contribution in [0.4, 0.5) is 5.95 Å². The highest BCUT2D eigenvalue weighted by molar-refractivity contribution is 6.30. The minimum absolute atomic E-state index is 0.100. The minimum Gasteiger partial charge on any atom is -0.309 e. The summed E-state index contributed by atoms with van der Waals surface area (Å²) in [5.74, 6) is 0.493. The maximum atomic E-state index is 12.6. The molecule has 1 aromatic heterocycles. The van der Waals surface area contributed by atoms with E-state index in [1.165, 1.54) is 0 Å². The van der Waals surface area contributed by atoms with E-state index in [4.69, 9.17) is 11.6 Å². The van der Waals surface area contributed by atoms with Crippen LogP contribution >= 0.6 is 11.6 Å². The van der Waals surface area contributed by atoms with Gasteiger partial charge in [-0.3, -0.25) is 10.1 Å². The second-order valence-corrected chi connectivity index (χ2v) is 6.89. The fourth-order valence-electron chi connectivity index (χ4n) is 3.18. The van der Waals surface area contributed by atoms with Gasteiger partial charge in [-0.2, -0.15) is 0 Å². The predicted octanol–water partition coefficient (Wildman–Crippen LogP) is 4.21. The van der Waals surface area contributed by atoms with Crippen molar-refractivity contribution in [2.24, 2.45) is 0 Å². The Kier molecular flexibility index (Phi) is 6.48. The third kappa shape index (κ3) is 4.87. The van der Waals surface area contributed by atoms with E-state index < -0.39 is 0 Å². The van der Waals surface area contributed by atoms with Gasteiger partial charge in [-0.15, -0.1) is 0 Å². The van der Waals surface area contributed by atoms with Crippen LogP contribution in [0.2, 0.25) is 5.02 Å². The van der Waals surface area contributed by atoms with E-state index in [0.717, 1.165) is 42.8 Å². The van der Waals surface area contributed by atoms with Crippen LogP contribution in [0.15, 0.2) is 48.5 Å². The van der Waals surface area contributed by atoms with E-state index in [9.17, 15) is 4.79 Å². The second kappa shape index (κ2) is 9.02. The van der Waals surface area contributed by atoms with Crippen LogP contribution < -0.4 is 5.32 Å². The molecule has 0 unspecified atom stereocenters. The Bertz CT molecular complexity index is 917. The monoisotopic (exact) mass is 384 g/mol. The molecule has 0 atom stereocenters. The molecule has 0 radical (unpaired) electrons. The fraction of sp³-hybridized carbons (Fsp3) is 0.333. The zero-order valence-corrected chi connectivity index (χ0v) is 16.5. The van der Waals surface area contributed by atoms with E-state index in [0.29, 0.717) is 11.0 Å². The smallest absolute Gasteiger partial charge is 0.231 e. The molecule has 1 N–H and O–H groups in total. The molecule has 5 nitrogen and oxygen atoms in total. The molecule has 0 fully saturated rings. The number of nitrogens with zero attached hydrogens (tertiary/aromatic N) is 3. The largest absolute Gasteiger partial charge is 0.309 e. The molecule has 0 aliphatic carbocycles. The van der Waals surface area contributed by atoms with Gasteiger partial charge in [-0.05, 0) is 42.9 Å². The van der Waals surface area contributed by atoms with Crippen LogP contribution in [0.5, 0.6) is 0 Å². The molecule has 0 aliphatic rings. The van der Waals surface area contributed by atoms with Crippen LogP contribution in [-0.2, 0) is 17.8 Å². The third-order valence-corrected chi connectivity index (χ3v) is 4.93. The standard InChI is InChI=1S/C21H25ClN4O/c1-3-25(4-2)12-13-26-19-11-6-5-10-18(19)23-21(26)24-20(27)15-16-8-7-9-17(22)14-16/h5-11,14H,3-4,12-13,15H2,1-2H3,(H,23,24,27). The lowest BCUT2D eigenvalue weighted by Crippen LogP contribution is -2.28. The maximum Gasteiger partial charge on any atom is 0.231 e. The number of hydrogen-bond donors (Lipinski definition) is 1.